The van der Waals surface area contributed by atoms with Crippen molar-refractivity contribution in [2.24, 2.45) is 0 Å². The highest BCUT2D eigenvalue weighted by Crippen LogP contribution is 2.41. The van der Waals surface area contributed by atoms with Gasteiger partial charge in [0.2, 0.25) is 0 Å². The number of alkyl halides is 3. The first-order valence-electron chi connectivity index (χ1n) is 6.51. The summed E-state index contributed by atoms with van der Waals surface area (Å²) in [4.78, 5) is 12.2. The number of hydrogen-bond acceptors (Lipinski definition) is 3. The highest BCUT2D eigenvalue weighted by atomic mass is 79.9. The van der Waals surface area contributed by atoms with Gasteiger partial charge in [0.05, 0.1) is 21.5 Å². The fraction of sp³-hybridized carbons (Fsp3) is 0.0625. The molecular formula is C16H7BrClF3O3. The summed E-state index contributed by atoms with van der Waals surface area (Å²) in [6.07, 6.45) is -4.64. The summed E-state index contributed by atoms with van der Waals surface area (Å²) in [7, 11) is 0. The molecule has 0 spiro atoms. The van der Waals surface area contributed by atoms with E-state index in [-0.39, 0.29) is 31.8 Å². The van der Waals surface area contributed by atoms with Crippen LogP contribution in [0.3, 0.4) is 0 Å². The standard InChI is InChI=1S/C16H7BrClF3O3/c17-10-5-12(22)8(4-9(10)16(19,20)21)14-6-13(23)7-2-1-3-11(18)15(7)24-14/h1-6,22H. The molecule has 0 aliphatic rings. The second-order valence-corrected chi connectivity index (χ2v) is 6.20. The van der Waals surface area contributed by atoms with Crippen molar-refractivity contribution in [3.05, 3.63) is 61.7 Å². The van der Waals surface area contributed by atoms with Gasteiger partial charge in [-0.1, -0.05) is 33.6 Å². The SMILES string of the molecule is O=c1cc(-c2cc(C(F)(F)F)c(Br)cc2O)oc2c(Cl)cccc12. The minimum atomic E-state index is -4.64. The summed E-state index contributed by atoms with van der Waals surface area (Å²) >= 11 is 8.74. The lowest BCUT2D eigenvalue weighted by Gasteiger charge is -2.13. The highest BCUT2D eigenvalue weighted by molar-refractivity contribution is 9.10. The zero-order chi connectivity index (χ0) is 17.6. The third-order valence-corrected chi connectivity index (χ3v) is 4.32. The van der Waals surface area contributed by atoms with E-state index in [0.717, 1.165) is 12.1 Å². The summed E-state index contributed by atoms with van der Waals surface area (Å²) in [5, 5.41) is 10.3. The molecule has 0 bridgehead atoms. The van der Waals surface area contributed by atoms with Crippen molar-refractivity contribution in [2.45, 2.75) is 6.18 Å². The Bertz CT molecular complexity index is 1010. The molecular weight excluding hydrogens is 413 g/mol. The van der Waals surface area contributed by atoms with Crippen molar-refractivity contribution in [3.8, 4) is 17.1 Å². The van der Waals surface area contributed by atoms with Crippen LogP contribution in [0.2, 0.25) is 5.02 Å². The summed E-state index contributed by atoms with van der Waals surface area (Å²) in [6, 6.07) is 7.15. The number of rotatable bonds is 1. The predicted octanol–water partition coefficient (Wildman–Crippen LogP) is 5.60. The Morgan fingerprint density at radius 2 is 1.88 bits per heavy atom. The van der Waals surface area contributed by atoms with E-state index < -0.39 is 22.9 Å². The van der Waals surface area contributed by atoms with E-state index in [0.29, 0.717) is 6.07 Å². The maximum Gasteiger partial charge on any atom is 0.417 e. The molecule has 2 aromatic carbocycles. The van der Waals surface area contributed by atoms with Gasteiger partial charge in [-0.15, -0.1) is 0 Å². The maximum atomic E-state index is 13.0. The third kappa shape index (κ3) is 2.89. The van der Waals surface area contributed by atoms with E-state index in [1.54, 1.807) is 6.07 Å². The molecule has 124 valence electrons. The van der Waals surface area contributed by atoms with Crippen molar-refractivity contribution in [3.63, 3.8) is 0 Å². The molecule has 3 rings (SSSR count). The molecule has 3 aromatic rings. The lowest BCUT2D eigenvalue weighted by atomic mass is 10.1. The lowest BCUT2D eigenvalue weighted by molar-refractivity contribution is -0.138. The second-order valence-electron chi connectivity index (χ2n) is 4.94. The zero-order valence-electron chi connectivity index (χ0n) is 11.6. The van der Waals surface area contributed by atoms with Gasteiger partial charge >= 0.3 is 6.18 Å². The third-order valence-electron chi connectivity index (χ3n) is 3.36. The normalized spacial score (nSPS) is 11.9. The quantitative estimate of drug-likeness (QED) is 0.558. The summed E-state index contributed by atoms with van der Waals surface area (Å²) < 4.78 is 44.3. The Labute approximate surface area is 146 Å². The van der Waals surface area contributed by atoms with Gasteiger partial charge in [0.15, 0.2) is 11.0 Å². The fourth-order valence-corrected chi connectivity index (χ4v) is 3.02. The van der Waals surface area contributed by atoms with Crippen LogP contribution >= 0.6 is 27.5 Å². The molecule has 0 saturated heterocycles. The molecule has 1 aromatic heterocycles. The number of aromatic hydroxyl groups is 1. The number of fused-ring (bicyclic) bond motifs is 1. The minimum Gasteiger partial charge on any atom is -0.507 e. The molecule has 0 amide bonds. The van der Waals surface area contributed by atoms with Gasteiger partial charge in [0, 0.05) is 10.5 Å². The molecule has 0 aliphatic heterocycles. The van der Waals surface area contributed by atoms with Gasteiger partial charge in [-0.25, -0.2) is 0 Å². The Hall–Kier alpha value is -1.99. The average Bonchev–Trinajstić information content (AvgIpc) is 2.47. The van der Waals surface area contributed by atoms with Crippen molar-refractivity contribution in [1.82, 2.24) is 0 Å². The number of benzene rings is 2. The number of phenols is 1. The number of phenolic OH excluding ortho intramolecular Hbond substituents is 1. The molecule has 0 unspecified atom stereocenters. The van der Waals surface area contributed by atoms with E-state index in [4.69, 9.17) is 16.0 Å². The Morgan fingerprint density at radius 1 is 1.17 bits per heavy atom. The number of para-hydroxylation sites is 1. The van der Waals surface area contributed by atoms with Crippen molar-refractivity contribution in [1.29, 1.82) is 0 Å². The Morgan fingerprint density at radius 3 is 2.54 bits per heavy atom. The lowest BCUT2D eigenvalue weighted by Crippen LogP contribution is -2.07. The van der Waals surface area contributed by atoms with Gasteiger partial charge < -0.3 is 9.52 Å². The minimum absolute atomic E-state index is 0.0394. The topological polar surface area (TPSA) is 50.4 Å². The van der Waals surface area contributed by atoms with Gasteiger partial charge in [-0.3, -0.25) is 4.79 Å². The van der Waals surface area contributed by atoms with Crippen LogP contribution in [-0.2, 0) is 6.18 Å². The van der Waals surface area contributed by atoms with E-state index >= 15 is 0 Å². The summed E-state index contributed by atoms with van der Waals surface area (Å²) in [6.45, 7) is 0. The summed E-state index contributed by atoms with van der Waals surface area (Å²) in [5.41, 5.74) is -1.70. The molecule has 0 saturated carbocycles. The molecule has 0 atom stereocenters. The van der Waals surface area contributed by atoms with Gasteiger partial charge in [-0.05, 0) is 24.3 Å². The first-order chi connectivity index (χ1) is 11.2. The molecule has 8 heteroatoms. The predicted molar refractivity (Wildman–Crippen MR) is 87.3 cm³/mol. The van der Waals surface area contributed by atoms with Crippen LogP contribution in [-0.4, -0.2) is 5.11 Å². The fourth-order valence-electron chi connectivity index (χ4n) is 2.25. The van der Waals surface area contributed by atoms with Crippen molar-refractivity contribution >= 4 is 38.5 Å². The molecule has 0 radical (unpaired) electrons. The van der Waals surface area contributed by atoms with Gasteiger partial charge in [0.1, 0.15) is 11.5 Å². The van der Waals surface area contributed by atoms with Crippen LogP contribution in [0.25, 0.3) is 22.3 Å². The Balaban J connectivity index is 2.32. The Kier molecular flexibility index (Phi) is 4.09. The van der Waals surface area contributed by atoms with Crippen LogP contribution < -0.4 is 5.43 Å². The van der Waals surface area contributed by atoms with Crippen molar-refractivity contribution in [2.75, 3.05) is 0 Å². The van der Waals surface area contributed by atoms with Crippen molar-refractivity contribution < 1.29 is 22.7 Å². The molecule has 24 heavy (non-hydrogen) atoms. The zero-order valence-corrected chi connectivity index (χ0v) is 14.0. The molecule has 1 N–H and O–H groups in total. The summed E-state index contributed by atoms with van der Waals surface area (Å²) in [5.74, 6) is -0.680. The monoisotopic (exact) mass is 418 g/mol. The van der Waals surface area contributed by atoms with E-state index in [9.17, 15) is 23.1 Å². The first-order valence-corrected chi connectivity index (χ1v) is 7.68. The number of hydrogen-bond donors (Lipinski definition) is 1. The molecule has 1 heterocycles. The van der Waals surface area contributed by atoms with Crippen LogP contribution in [0.15, 0.2) is 50.1 Å². The number of halogens is 5. The molecule has 0 aliphatic carbocycles. The van der Waals surface area contributed by atoms with Gasteiger partial charge in [0.25, 0.3) is 0 Å². The highest BCUT2D eigenvalue weighted by Gasteiger charge is 2.34. The van der Waals surface area contributed by atoms with Gasteiger partial charge in [-0.2, -0.15) is 13.2 Å². The first kappa shape index (κ1) is 16.9. The van der Waals surface area contributed by atoms with E-state index in [2.05, 4.69) is 15.9 Å². The van der Waals surface area contributed by atoms with Crippen LogP contribution in [0, 0.1) is 0 Å². The largest absolute Gasteiger partial charge is 0.507 e. The van der Waals surface area contributed by atoms with E-state index in [1.165, 1.54) is 12.1 Å². The molecule has 3 nitrogen and oxygen atoms in total. The second kappa shape index (κ2) is 5.82. The van der Waals surface area contributed by atoms with Crippen LogP contribution in [0.4, 0.5) is 13.2 Å². The average molecular weight is 420 g/mol. The smallest absolute Gasteiger partial charge is 0.417 e. The maximum absolute atomic E-state index is 13.0. The van der Waals surface area contributed by atoms with E-state index in [1.807, 2.05) is 0 Å². The molecule has 0 fully saturated rings. The van der Waals surface area contributed by atoms with Crippen LogP contribution in [0.5, 0.6) is 5.75 Å². The van der Waals surface area contributed by atoms with Crippen LogP contribution in [0.1, 0.15) is 5.56 Å².